The second-order valence-electron chi connectivity index (χ2n) is 5.69. The molecular weight excluding hydrogens is 196 g/mol. The summed E-state index contributed by atoms with van der Waals surface area (Å²) in [5.74, 6) is 0. The molecule has 0 spiro atoms. The number of hydrogen-bond donors (Lipinski definition) is 0. The van der Waals surface area contributed by atoms with Crippen molar-refractivity contribution in [3.63, 3.8) is 0 Å². The lowest BCUT2D eigenvalue weighted by atomic mass is 9.89. The van der Waals surface area contributed by atoms with E-state index in [9.17, 15) is 0 Å². The smallest absolute Gasteiger partial charge is 0.0683 e. The molecule has 2 heteroatoms. The number of hydrogen-bond acceptors (Lipinski definition) is 2. The van der Waals surface area contributed by atoms with E-state index in [-0.39, 0.29) is 5.41 Å². The number of unbranched alkanes of at least 4 members (excludes halogenated alkanes) is 1. The highest BCUT2D eigenvalue weighted by Crippen LogP contribution is 2.23. The van der Waals surface area contributed by atoms with Crippen LogP contribution in [0.15, 0.2) is 0 Å². The van der Waals surface area contributed by atoms with Crippen LogP contribution in [-0.2, 0) is 0 Å². The van der Waals surface area contributed by atoms with Crippen molar-refractivity contribution in [3.05, 3.63) is 0 Å². The lowest BCUT2D eigenvalue weighted by Gasteiger charge is -2.23. The zero-order valence-electron chi connectivity index (χ0n) is 11.1. The quantitative estimate of drug-likeness (QED) is 0.642. The van der Waals surface area contributed by atoms with E-state index in [0.29, 0.717) is 0 Å². The summed E-state index contributed by atoms with van der Waals surface area (Å²) >= 11 is 0. The number of likely N-dealkylation sites (tertiary alicyclic amines) is 1. The maximum Gasteiger partial charge on any atom is 0.0683 e. The SMILES string of the molecule is CCC1CCCN1CCCCC(C)(C)C#N. The molecule has 0 bridgehead atoms. The lowest BCUT2D eigenvalue weighted by Crippen LogP contribution is -2.29. The largest absolute Gasteiger partial charge is 0.300 e. The topological polar surface area (TPSA) is 27.0 Å². The standard InChI is InChI=1S/C14H26N2/c1-4-13-8-7-11-16(13)10-6-5-9-14(2,3)12-15/h13H,4-11H2,1-3H3. The van der Waals surface area contributed by atoms with Gasteiger partial charge in [0.05, 0.1) is 11.5 Å². The maximum absolute atomic E-state index is 8.92. The van der Waals surface area contributed by atoms with E-state index in [4.69, 9.17) is 5.26 Å². The van der Waals surface area contributed by atoms with Gasteiger partial charge in [0, 0.05) is 6.04 Å². The van der Waals surface area contributed by atoms with Crippen LogP contribution in [0, 0.1) is 16.7 Å². The van der Waals surface area contributed by atoms with E-state index in [1.54, 1.807) is 0 Å². The first-order chi connectivity index (χ1) is 7.59. The summed E-state index contributed by atoms with van der Waals surface area (Å²) < 4.78 is 0. The summed E-state index contributed by atoms with van der Waals surface area (Å²) in [7, 11) is 0. The maximum atomic E-state index is 8.92. The predicted octanol–water partition coefficient (Wildman–Crippen LogP) is 3.58. The Labute approximate surface area is 101 Å². The molecule has 0 saturated carbocycles. The van der Waals surface area contributed by atoms with Crippen molar-refractivity contribution in [2.75, 3.05) is 13.1 Å². The molecular formula is C14H26N2. The van der Waals surface area contributed by atoms with Gasteiger partial charge in [-0.05, 0) is 59.0 Å². The van der Waals surface area contributed by atoms with Crippen LogP contribution in [0.3, 0.4) is 0 Å². The fourth-order valence-corrected chi connectivity index (χ4v) is 2.59. The number of nitriles is 1. The van der Waals surface area contributed by atoms with Crippen LogP contribution < -0.4 is 0 Å². The Hall–Kier alpha value is -0.550. The fraction of sp³-hybridized carbons (Fsp3) is 0.929. The Bertz CT molecular complexity index is 240. The zero-order valence-corrected chi connectivity index (χ0v) is 11.1. The van der Waals surface area contributed by atoms with Crippen molar-refractivity contribution in [2.24, 2.45) is 5.41 Å². The molecule has 0 aromatic carbocycles. The predicted molar refractivity (Wildman–Crippen MR) is 68.1 cm³/mol. The van der Waals surface area contributed by atoms with Crippen molar-refractivity contribution in [3.8, 4) is 6.07 Å². The molecule has 0 N–H and O–H groups in total. The molecule has 2 nitrogen and oxygen atoms in total. The minimum Gasteiger partial charge on any atom is -0.300 e. The molecule has 1 rings (SSSR count). The Balaban J connectivity index is 2.14. The van der Waals surface area contributed by atoms with Crippen molar-refractivity contribution >= 4 is 0 Å². The lowest BCUT2D eigenvalue weighted by molar-refractivity contribution is 0.239. The van der Waals surface area contributed by atoms with E-state index >= 15 is 0 Å². The van der Waals surface area contributed by atoms with Crippen molar-refractivity contribution in [1.82, 2.24) is 4.90 Å². The molecule has 1 heterocycles. The second-order valence-corrected chi connectivity index (χ2v) is 5.69. The molecule has 1 unspecified atom stereocenters. The molecule has 1 aliphatic rings. The van der Waals surface area contributed by atoms with E-state index in [1.807, 2.05) is 13.8 Å². The first kappa shape index (κ1) is 13.5. The molecule has 1 atom stereocenters. The van der Waals surface area contributed by atoms with Crippen LogP contribution in [0.25, 0.3) is 0 Å². The monoisotopic (exact) mass is 222 g/mol. The Kier molecular flexibility index (Phi) is 5.28. The third-order valence-electron chi connectivity index (χ3n) is 3.77. The number of rotatable bonds is 6. The summed E-state index contributed by atoms with van der Waals surface area (Å²) in [5.41, 5.74) is -0.130. The van der Waals surface area contributed by atoms with Crippen LogP contribution in [0.1, 0.15) is 59.3 Å². The Morgan fingerprint density at radius 2 is 2.12 bits per heavy atom. The molecule has 1 saturated heterocycles. The van der Waals surface area contributed by atoms with Crippen LogP contribution in [0.4, 0.5) is 0 Å². The van der Waals surface area contributed by atoms with Gasteiger partial charge in [0.1, 0.15) is 0 Å². The van der Waals surface area contributed by atoms with Crippen LogP contribution in [0.5, 0.6) is 0 Å². The molecule has 0 aliphatic carbocycles. The van der Waals surface area contributed by atoms with E-state index in [1.165, 1.54) is 45.2 Å². The number of nitrogens with zero attached hydrogens (tertiary/aromatic N) is 2. The average molecular weight is 222 g/mol. The fourth-order valence-electron chi connectivity index (χ4n) is 2.59. The Morgan fingerprint density at radius 1 is 1.38 bits per heavy atom. The highest BCUT2D eigenvalue weighted by Gasteiger charge is 2.22. The van der Waals surface area contributed by atoms with E-state index < -0.39 is 0 Å². The van der Waals surface area contributed by atoms with Gasteiger partial charge in [-0.1, -0.05) is 13.3 Å². The molecule has 1 aliphatic heterocycles. The van der Waals surface area contributed by atoms with Crippen LogP contribution >= 0.6 is 0 Å². The van der Waals surface area contributed by atoms with Gasteiger partial charge in [-0.2, -0.15) is 5.26 Å². The van der Waals surface area contributed by atoms with Gasteiger partial charge in [0.2, 0.25) is 0 Å². The summed E-state index contributed by atoms with van der Waals surface area (Å²) in [4.78, 5) is 2.64. The zero-order chi connectivity index (χ0) is 12.0. The third kappa shape index (κ3) is 4.14. The minimum absolute atomic E-state index is 0.130. The van der Waals surface area contributed by atoms with Crippen LogP contribution in [0.2, 0.25) is 0 Å². The molecule has 0 amide bonds. The van der Waals surface area contributed by atoms with Gasteiger partial charge >= 0.3 is 0 Å². The van der Waals surface area contributed by atoms with Crippen molar-refractivity contribution in [1.29, 1.82) is 5.26 Å². The van der Waals surface area contributed by atoms with Gasteiger partial charge < -0.3 is 4.90 Å². The molecule has 0 aromatic rings. The summed E-state index contributed by atoms with van der Waals surface area (Å²) in [6.45, 7) is 8.90. The third-order valence-corrected chi connectivity index (χ3v) is 3.77. The first-order valence-corrected chi connectivity index (χ1v) is 6.74. The van der Waals surface area contributed by atoms with E-state index in [0.717, 1.165) is 12.5 Å². The summed E-state index contributed by atoms with van der Waals surface area (Å²) in [6.07, 6.45) is 7.54. The van der Waals surface area contributed by atoms with Gasteiger partial charge in [0.15, 0.2) is 0 Å². The minimum atomic E-state index is -0.130. The molecule has 16 heavy (non-hydrogen) atoms. The average Bonchev–Trinajstić information content (AvgIpc) is 2.72. The van der Waals surface area contributed by atoms with Crippen molar-refractivity contribution < 1.29 is 0 Å². The van der Waals surface area contributed by atoms with Gasteiger partial charge in [-0.3, -0.25) is 0 Å². The highest BCUT2D eigenvalue weighted by molar-refractivity contribution is 4.91. The molecule has 0 radical (unpaired) electrons. The summed E-state index contributed by atoms with van der Waals surface area (Å²) in [6, 6.07) is 3.21. The normalized spacial score (nSPS) is 22.2. The van der Waals surface area contributed by atoms with E-state index in [2.05, 4.69) is 17.9 Å². The summed E-state index contributed by atoms with van der Waals surface area (Å²) in [5, 5.41) is 8.92. The van der Waals surface area contributed by atoms with Gasteiger partial charge in [-0.15, -0.1) is 0 Å². The molecule has 1 fully saturated rings. The van der Waals surface area contributed by atoms with Crippen LogP contribution in [-0.4, -0.2) is 24.0 Å². The highest BCUT2D eigenvalue weighted by atomic mass is 15.2. The molecule has 92 valence electrons. The van der Waals surface area contributed by atoms with Gasteiger partial charge in [-0.25, -0.2) is 0 Å². The Morgan fingerprint density at radius 3 is 2.75 bits per heavy atom. The van der Waals surface area contributed by atoms with Crippen molar-refractivity contribution in [2.45, 2.75) is 65.3 Å². The first-order valence-electron chi connectivity index (χ1n) is 6.74. The molecule has 0 aromatic heterocycles. The second kappa shape index (κ2) is 6.25. The van der Waals surface area contributed by atoms with Gasteiger partial charge in [0.25, 0.3) is 0 Å².